The SMILES string of the molecule is CN(C)C(=N)N(C)C.CO[Si](C)(CCCO)OC. The summed E-state index contributed by atoms with van der Waals surface area (Å²) in [6.07, 6.45) is 0.768. The third-order valence-corrected chi connectivity index (χ3v) is 5.49. The fourth-order valence-corrected chi connectivity index (χ4v) is 2.46. The van der Waals surface area contributed by atoms with Gasteiger partial charge in [0.2, 0.25) is 0 Å². The second kappa shape index (κ2) is 10.3. The topological polar surface area (TPSA) is 69.0 Å². The van der Waals surface area contributed by atoms with Gasteiger partial charge in [0.05, 0.1) is 0 Å². The van der Waals surface area contributed by atoms with Crippen LogP contribution in [-0.4, -0.2) is 78.4 Å². The van der Waals surface area contributed by atoms with Crippen LogP contribution in [0.25, 0.3) is 0 Å². The van der Waals surface area contributed by atoms with Gasteiger partial charge in [0.15, 0.2) is 5.96 Å². The molecule has 0 spiro atoms. The lowest BCUT2D eigenvalue weighted by Crippen LogP contribution is -2.35. The first-order chi connectivity index (χ1) is 8.24. The molecule has 110 valence electrons. The number of nitrogens with zero attached hydrogens (tertiary/aromatic N) is 2. The monoisotopic (exact) mass is 279 g/mol. The number of aliphatic hydroxyl groups excluding tert-OH is 1. The fraction of sp³-hybridized carbons (Fsp3) is 0.909. The van der Waals surface area contributed by atoms with E-state index in [-0.39, 0.29) is 6.61 Å². The van der Waals surface area contributed by atoms with E-state index in [2.05, 4.69) is 0 Å². The van der Waals surface area contributed by atoms with Gasteiger partial charge in [-0.15, -0.1) is 0 Å². The van der Waals surface area contributed by atoms with E-state index in [4.69, 9.17) is 19.4 Å². The van der Waals surface area contributed by atoms with Crippen molar-refractivity contribution in [1.29, 1.82) is 5.41 Å². The molecule has 0 saturated heterocycles. The van der Waals surface area contributed by atoms with Crippen molar-refractivity contribution in [2.45, 2.75) is 19.0 Å². The Balaban J connectivity index is 0. The second-order valence-corrected chi connectivity index (χ2v) is 8.07. The third kappa shape index (κ3) is 9.40. The number of rotatable bonds is 5. The molecule has 0 unspecified atom stereocenters. The smallest absolute Gasteiger partial charge is 0.334 e. The summed E-state index contributed by atoms with van der Waals surface area (Å²) in [5, 5.41) is 15.8. The van der Waals surface area contributed by atoms with Gasteiger partial charge in [-0.05, 0) is 19.0 Å². The maximum atomic E-state index is 8.53. The normalized spacial score (nSPS) is 10.4. The number of hydrogen-bond acceptors (Lipinski definition) is 4. The molecule has 0 aromatic rings. The summed E-state index contributed by atoms with van der Waals surface area (Å²) in [5.41, 5.74) is 0. The van der Waals surface area contributed by atoms with Crippen LogP contribution in [0.5, 0.6) is 0 Å². The minimum Gasteiger partial charge on any atom is -0.398 e. The molecule has 2 N–H and O–H groups in total. The molecular formula is C11H29N3O3Si. The average Bonchev–Trinajstić information content (AvgIpc) is 2.35. The van der Waals surface area contributed by atoms with E-state index in [1.165, 1.54) is 0 Å². The van der Waals surface area contributed by atoms with Crippen molar-refractivity contribution >= 4 is 14.5 Å². The lowest BCUT2D eigenvalue weighted by atomic mass is 10.5. The van der Waals surface area contributed by atoms with E-state index in [1.54, 1.807) is 24.0 Å². The first-order valence-corrected chi connectivity index (χ1v) is 8.40. The Morgan fingerprint density at radius 2 is 1.50 bits per heavy atom. The Morgan fingerprint density at radius 1 is 1.11 bits per heavy atom. The van der Waals surface area contributed by atoms with Crippen LogP contribution in [0.2, 0.25) is 12.6 Å². The van der Waals surface area contributed by atoms with Gasteiger partial charge >= 0.3 is 8.56 Å². The molecule has 0 fully saturated rings. The fourth-order valence-electron chi connectivity index (χ4n) is 1.09. The van der Waals surface area contributed by atoms with E-state index in [9.17, 15) is 0 Å². The Morgan fingerprint density at radius 3 is 1.67 bits per heavy atom. The highest BCUT2D eigenvalue weighted by Gasteiger charge is 2.27. The molecule has 0 aliphatic carbocycles. The van der Waals surface area contributed by atoms with Crippen molar-refractivity contribution < 1.29 is 14.0 Å². The predicted molar refractivity (Wildman–Crippen MR) is 77.2 cm³/mol. The highest BCUT2D eigenvalue weighted by atomic mass is 28.4. The van der Waals surface area contributed by atoms with Crippen LogP contribution in [0, 0.1) is 5.41 Å². The van der Waals surface area contributed by atoms with Crippen molar-refractivity contribution in [1.82, 2.24) is 9.80 Å². The van der Waals surface area contributed by atoms with Crippen LogP contribution in [0.4, 0.5) is 0 Å². The summed E-state index contributed by atoms with van der Waals surface area (Å²) in [4.78, 5) is 3.50. The number of hydrogen-bond donors (Lipinski definition) is 2. The van der Waals surface area contributed by atoms with Gasteiger partial charge in [-0.25, -0.2) is 0 Å². The Labute approximate surface area is 112 Å². The van der Waals surface area contributed by atoms with Crippen LogP contribution in [0.1, 0.15) is 6.42 Å². The number of guanidine groups is 1. The summed E-state index contributed by atoms with van der Waals surface area (Å²) < 4.78 is 10.4. The number of aliphatic hydroxyl groups is 1. The molecule has 0 amide bonds. The van der Waals surface area contributed by atoms with E-state index < -0.39 is 8.56 Å². The van der Waals surface area contributed by atoms with Crippen molar-refractivity contribution in [2.24, 2.45) is 0 Å². The van der Waals surface area contributed by atoms with E-state index in [0.717, 1.165) is 12.5 Å². The van der Waals surface area contributed by atoms with Crippen molar-refractivity contribution in [3.05, 3.63) is 0 Å². The van der Waals surface area contributed by atoms with E-state index in [1.807, 2.05) is 34.7 Å². The van der Waals surface area contributed by atoms with Gasteiger partial charge in [-0.1, -0.05) is 0 Å². The molecule has 18 heavy (non-hydrogen) atoms. The van der Waals surface area contributed by atoms with Gasteiger partial charge in [0.1, 0.15) is 0 Å². The molecule has 0 aliphatic rings. The van der Waals surface area contributed by atoms with Gasteiger partial charge in [0, 0.05) is 49.0 Å². The quantitative estimate of drug-likeness (QED) is 0.442. The minimum atomic E-state index is -1.88. The maximum Gasteiger partial charge on any atom is 0.334 e. The molecule has 0 aromatic heterocycles. The summed E-state index contributed by atoms with van der Waals surface area (Å²) in [6, 6.07) is 0.858. The van der Waals surface area contributed by atoms with Crippen molar-refractivity contribution in [3.8, 4) is 0 Å². The molecule has 0 aromatic carbocycles. The minimum absolute atomic E-state index is 0.218. The molecular weight excluding hydrogens is 250 g/mol. The summed E-state index contributed by atoms with van der Waals surface area (Å²) >= 11 is 0. The number of nitrogens with one attached hydrogen (secondary N) is 1. The molecule has 0 saturated carbocycles. The van der Waals surface area contributed by atoms with Crippen LogP contribution < -0.4 is 0 Å². The lowest BCUT2D eigenvalue weighted by molar-refractivity contribution is 0.238. The van der Waals surface area contributed by atoms with Crippen molar-refractivity contribution in [2.75, 3.05) is 49.0 Å². The Kier molecular flexibility index (Phi) is 11.3. The first kappa shape index (κ1) is 19.7. The second-order valence-electron chi connectivity index (χ2n) is 4.48. The molecule has 0 bridgehead atoms. The van der Waals surface area contributed by atoms with Gasteiger partial charge in [-0.2, -0.15) is 0 Å². The van der Waals surface area contributed by atoms with E-state index >= 15 is 0 Å². The Hall–Kier alpha value is -0.633. The molecule has 7 heteroatoms. The maximum absolute atomic E-state index is 8.53. The molecule has 0 atom stereocenters. The lowest BCUT2D eigenvalue weighted by Gasteiger charge is -2.21. The molecule has 0 heterocycles. The summed E-state index contributed by atoms with van der Waals surface area (Å²) in [7, 11) is 8.84. The zero-order valence-electron chi connectivity index (χ0n) is 12.8. The van der Waals surface area contributed by atoms with Crippen LogP contribution in [-0.2, 0) is 8.85 Å². The zero-order valence-corrected chi connectivity index (χ0v) is 13.8. The van der Waals surface area contributed by atoms with Crippen molar-refractivity contribution in [3.63, 3.8) is 0 Å². The Bertz CT molecular complexity index is 212. The third-order valence-electron chi connectivity index (χ3n) is 2.50. The standard InChI is InChI=1S/C6H16O3Si.C5H13N3/c1-8-10(3,9-2)6-4-5-7;1-7(2)5(6)8(3)4/h7H,4-6H2,1-3H3;6H,1-4H3. The zero-order chi connectivity index (χ0) is 14.8. The molecule has 0 aliphatic heterocycles. The van der Waals surface area contributed by atoms with Crippen LogP contribution >= 0.6 is 0 Å². The van der Waals surface area contributed by atoms with Crippen LogP contribution in [0.15, 0.2) is 0 Å². The largest absolute Gasteiger partial charge is 0.398 e. The predicted octanol–water partition coefficient (Wildman–Crippen LogP) is 0.778. The average molecular weight is 279 g/mol. The molecule has 0 rings (SSSR count). The van der Waals surface area contributed by atoms with Gasteiger partial charge in [-0.3, -0.25) is 5.41 Å². The summed E-state index contributed by atoms with van der Waals surface area (Å²) in [6.45, 7) is 2.21. The highest BCUT2D eigenvalue weighted by Crippen LogP contribution is 2.12. The highest BCUT2D eigenvalue weighted by molar-refractivity contribution is 6.65. The first-order valence-electron chi connectivity index (χ1n) is 5.88. The van der Waals surface area contributed by atoms with E-state index in [0.29, 0.717) is 5.96 Å². The molecule has 6 nitrogen and oxygen atoms in total. The van der Waals surface area contributed by atoms with Gasteiger partial charge in [0.25, 0.3) is 0 Å². The van der Waals surface area contributed by atoms with Gasteiger partial charge < -0.3 is 23.8 Å². The van der Waals surface area contributed by atoms with Crippen LogP contribution in [0.3, 0.4) is 0 Å². The summed E-state index contributed by atoms with van der Waals surface area (Å²) in [5.74, 6) is 0.519. The molecule has 0 radical (unpaired) electrons.